The van der Waals surface area contributed by atoms with E-state index in [0.717, 1.165) is 54.0 Å². The summed E-state index contributed by atoms with van der Waals surface area (Å²) in [5.74, 6) is 0.496. The van der Waals surface area contributed by atoms with Crippen molar-refractivity contribution in [2.75, 3.05) is 49.7 Å². The third-order valence-corrected chi connectivity index (χ3v) is 8.97. The predicted octanol–water partition coefficient (Wildman–Crippen LogP) is 6.18. The molecule has 196 valence electrons. The number of fused-ring (bicyclic) bond motifs is 1. The van der Waals surface area contributed by atoms with Crippen LogP contribution >= 0.6 is 11.8 Å². The minimum absolute atomic E-state index is 0.0274. The molecule has 2 saturated heterocycles. The molecule has 3 aliphatic rings. The number of likely N-dealkylation sites (N-methyl/N-ethyl adjacent to an activating group) is 1. The first-order valence-corrected chi connectivity index (χ1v) is 14.1. The van der Waals surface area contributed by atoms with Crippen LogP contribution in [-0.2, 0) is 9.53 Å². The van der Waals surface area contributed by atoms with E-state index in [1.807, 2.05) is 19.1 Å². The Morgan fingerprint density at radius 1 is 1.16 bits per heavy atom. The highest BCUT2D eigenvalue weighted by atomic mass is 32.2. The van der Waals surface area contributed by atoms with Gasteiger partial charge >= 0.3 is 0 Å². The highest BCUT2D eigenvalue weighted by Crippen LogP contribution is 2.44. The minimum atomic E-state index is 0.0274. The number of nitrogens with zero attached hydrogens (tertiary/aromatic N) is 4. The van der Waals surface area contributed by atoms with Crippen LogP contribution < -0.4 is 9.80 Å². The number of hydrogen-bond donors (Lipinski definition) is 0. The lowest BCUT2D eigenvalue weighted by atomic mass is 9.79. The quantitative estimate of drug-likeness (QED) is 0.453. The summed E-state index contributed by atoms with van der Waals surface area (Å²) in [4.78, 5) is 25.4. The molecular formula is C30H38N4O2S. The van der Waals surface area contributed by atoms with E-state index in [4.69, 9.17) is 9.73 Å². The molecule has 5 rings (SSSR count). The Kier molecular flexibility index (Phi) is 7.12. The second-order valence-corrected chi connectivity index (χ2v) is 11.9. The van der Waals surface area contributed by atoms with Gasteiger partial charge in [-0.25, -0.2) is 4.99 Å². The normalized spacial score (nSPS) is 23.8. The summed E-state index contributed by atoms with van der Waals surface area (Å²) in [5.41, 5.74) is 7.12. The van der Waals surface area contributed by atoms with Crippen LogP contribution in [0.25, 0.3) is 6.08 Å². The highest BCUT2D eigenvalue weighted by Gasteiger charge is 2.35. The zero-order chi connectivity index (χ0) is 26.3. The van der Waals surface area contributed by atoms with Crippen molar-refractivity contribution >= 4 is 46.0 Å². The summed E-state index contributed by atoms with van der Waals surface area (Å²) < 4.78 is 5.46. The summed E-state index contributed by atoms with van der Waals surface area (Å²) in [6, 6.07) is 12.9. The van der Waals surface area contributed by atoms with Gasteiger partial charge in [-0.15, -0.1) is 0 Å². The molecule has 0 N–H and O–H groups in total. The number of thioether (sulfide) groups is 1. The molecule has 0 radical (unpaired) electrons. The van der Waals surface area contributed by atoms with Gasteiger partial charge in [-0.1, -0.05) is 6.92 Å². The number of amides is 1. The number of hydrogen-bond acceptors (Lipinski definition) is 6. The molecule has 0 aromatic heterocycles. The minimum Gasteiger partial charge on any atom is -0.378 e. The van der Waals surface area contributed by atoms with Crippen molar-refractivity contribution in [3.63, 3.8) is 0 Å². The molecule has 3 aliphatic heterocycles. The molecule has 2 aromatic carbocycles. The molecule has 0 aliphatic carbocycles. The van der Waals surface area contributed by atoms with Gasteiger partial charge in [0.05, 0.1) is 23.8 Å². The van der Waals surface area contributed by atoms with Crippen LogP contribution in [0.2, 0.25) is 0 Å². The van der Waals surface area contributed by atoms with Gasteiger partial charge in [-0.3, -0.25) is 9.69 Å². The topological polar surface area (TPSA) is 48.4 Å². The molecule has 0 spiro atoms. The van der Waals surface area contributed by atoms with Crippen molar-refractivity contribution in [3.8, 4) is 0 Å². The second kappa shape index (κ2) is 10.2. The van der Waals surface area contributed by atoms with E-state index >= 15 is 0 Å². The van der Waals surface area contributed by atoms with Gasteiger partial charge in [0.2, 0.25) is 0 Å². The van der Waals surface area contributed by atoms with Gasteiger partial charge in [0.25, 0.3) is 5.91 Å². The monoisotopic (exact) mass is 518 g/mol. The molecule has 7 heteroatoms. The third-order valence-electron chi connectivity index (χ3n) is 7.96. The summed E-state index contributed by atoms with van der Waals surface area (Å²) in [6.45, 7) is 15.0. The lowest BCUT2D eigenvalue weighted by Gasteiger charge is -2.45. The van der Waals surface area contributed by atoms with Crippen LogP contribution in [0.5, 0.6) is 0 Å². The molecule has 1 unspecified atom stereocenters. The molecule has 1 amide bonds. The highest BCUT2D eigenvalue weighted by molar-refractivity contribution is 8.18. The van der Waals surface area contributed by atoms with E-state index in [-0.39, 0.29) is 11.4 Å². The number of morpholine rings is 1. The molecular weight excluding hydrogens is 480 g/mol. The van der Waals surface area contributed by atoms with Gasteiger partial charge in [-0.2, -0.15) is 0 Å². The van der Waals surface area contributed by atoms with Crippen molar-refractivity contribution in [2.45, 2.75) is 52.5 Å². The maximum atomic E-state index is 13.3. The molecule has 0 bridgehead atoms. The Morgan fingerprint density at radius 2 is 1.86 bits per heavy atom. The van der Waals surface area contributed by atoms with E-state index in [1.54, 1.807) is 4.90 Å². The van der Waals surface area contributed by atoms with Crippen LogP contribution in [0.15, 0.2) is 46.3 Å². The average Bonchev–Trinajstić information content (AvgIpc) is 3.17. The van der Waals surface area contributed by atoms with Crippen molar-refractivity contribution < 1.29 is 9.53 Å². The maximum absolute atomic E-state index is 13.3. The predicted molar refractivity (Wildman–Crippen MR) is 156 cm³/mol. The lowest BCUT2D eigenvalue weighted by Crippen LogP contribution is -2.45. The molecule has 2 fully saturated rings. The average molecular weight is 519 g/mol. The van der Waals surface area contributed by atoms with Crippen molar-refractivity contribution in [2.24, 2.45) is 4.99 Å². The number of anilines is 2. The zero-order valence-electron chi connectivity index (χ0n) is 22.9. The molecule has 0 saturated carbocycles. The summed E-state index contributed by atoms with van der Waals surface area (Å²) in [5, 5.41) is 0.739. The lowest BCUT2D eigenvalue weighted by molar-refractivity contribution is -0.122. The number of carbonyl (C=O) groups is 1. The molecule has 2 aromatic rings. The van der Waals surface area contributed by atoms with Crippen molar-refractivity contribution in [3.05, 3.63) is 58.0 Å². The molecule has 37 heavy (non-hydrogen) atoms. The maximum Gasteiger partial charge on any atom is 0.266 e. The summed E-state index contributed by atoms with van der Waals surface area (Å²) in [6.07, 6.45) is 3.16. The first-order chi connectivity index (χ1) is 17.7. The fourth-order valence-electron chi connectivity index (χ4n) is 5.57. The number of carbonyl (C=O) groups excluding carboxylic acids is 1. The Balaban J connectivity index is 1.41. The second-order valence-electron chi connectivity index (χ2n) is 10.9. The number of aryl methyl sites for hydroxylation is 1. The number of aliphatic imine (C=N–C) groups is 1. The van der Waals surface area contributed by atoms with E-state index in [9.17, 15) is 4.79 Å². The zero-order valence-corrected chi connectivity index (χ0v) is 23.7. The Bertz CT molecular complexity index is 1240. The Hall–Kier alpha value is -2.77. The number of amidine groups is 1. The van der Waals surface area contributed by atoms with Gasteiger partial charge in [0.1, 0.15) is 0 Å². The van der Waals surface area contributed by atoms with E-state index in [0.29, 0.717) is 12.5 Å². The number of benzene rings is 2. The van der Waals surface area contributed by atoms with Crippen LogP contribution in [0.4, 0.5) is 17.1 Å². The Labute approximate surface area is 225 Å². The van der Waals surface area contributed by atoms with E-state index in [2.05, 4.69) is 74.9 Å². The number of ether oxygens (including phenoxy) is 1. The third kappa shape index (κ3) is 5.04. The van der Waals surface area contributed by atoms with Crippen molar-refractivity contribution in [1.82, 2.24) is 4.90 Å². The smallest absolute Gasteiger partial charge is 0.266 e. The van der Waals surface area contributed by atoms with Crippen molar-refractivity contribution in [1.29, 1.82) is 0 Å². The first-order valence-electron chi connectivity index (χ1n) is 13.3. The largest absolute Gasteiger partial charge is 0.378 e. The van der Waals surface area contributed by atoms with E-state index < -0.39 is 0 Å². The van der Waals surface area contributed by atoms with Gasteiger partial charge in [-0.05, 0) is 111 Å². The van der Waals surface area contributed by atoms with E-state index in [1.165, 1.54) is 34.3 Å². The standard InChI is InChI=1S/C30H38N4O2S/c1-7-34-28(35)27(18-22-17-25-21(3)19-30(4,5)32(6)26(25)16-20(22)2)37-29(34)31-23-8-10-24(11-9-23)33-12-14-36-15-13-33/h8-11,16-18,21H,7,12-15,19H2,1-6H3/b27-18+,31-29?. The van der Waals surface area contributed by atoms with Gasteiger partial charge < -0.3 is 14.5 Å². The SMILES string of the molecule is CCN1C(=O)/C(=C\c2cc3c(cc2C)N(C)C(C)(C)CC3C)SC1=Nc1ccc(N2CCOCC2)cc1. The van der Waals surface area contributed by atoms with Crippen LogP contribution in [-0.4, -0.2) is 61.4 Å². The molecule has 3 heterocycles. The molecule has 1 atom stereocenters. The fourth-order valence-corrected chi connectivity index (χ4v) is 6.62. The van der Waals surface area contributed by atoms with Crippen LogP contribution in [0.3, 0.4) is 0 Å². The molecule has 6 nitrogen and oxygen atoms in total. The summed E-state index contributed by atoms with van der Waals surface area (Å²) >= 11 is 1.47. The number of rotatable bonds is 4. The van der Waals surface area contributed by atoms with Crippen LogP contribution in [0.1, 0.15) is 56.7 Å². The first kappa shape index (κ1) is 25.9. The van der Waals surface area contributed by atoms with Gasteiger partial charge in [0, 0.05) is 43.6 Å². The van der Waals surface area contributed by atoms with Gasteiger partial charge in [0.15, 0.2) is 5.17 Å². The Morgan fingerprint density at radius 3 is 2.54 bits per heavy atom. The fraction of sp³-hybridized carbons (Fsp3) is 0.467. The van der Waals surface area contributed by atoms with Crippen LogP contribution in [0, 0.1) is 6.92 Å². The summed E-state index contributed by atoms with van der Waals surface area (Å²) in [7, 11) is 2.19.